The Morgan fingerprint density at radius 3 is 2.48 bits per heavy atom. The predicted octanol–water partition coefficient (Wildman–Crippen LogP) is 4.53. The van der Waals surface area contributed by atoms with Crippen LogP contribution in [0.1, 0.15) is 51.4 Å². The largest absolute Gasteiger partial charge is 0.450 e. The molecule has 1 saturated carbocycles. The van der Waals surface area contributed by atoms with Crippen molar-refractivity contribution in [2.45, 2.75) is 56.5 Å². The van der Waals surface area contributed by atoms with Gasteiger partial charge in [-0.1, -0.05) is 65.2 Å². The van der Waals surface area contributed by atoms with Gasteiger partial charge in [0, 0.05) is 30.4 Å². The molecule has 0 bridgehead atoms. The number of nitrogens with zero attached hydrogens (tertiary/aromatic N) is 1. The van der Waals surface area contributed by atoms with Crippen molar-refractivity contribution in [3.8, 4) is 0 Å². The van der Waals surface area contributed by atoms with Gasteiger partial charge in [0.15, 0.2) is 0 Å². The Morgan fingerprint density at radius 1 is 1.06 bits per heavy atom. The zero-order valence-electron chi connectivity index (χ0n) is 18.1. The van der Waals surface area contributed by atoms with Crippen molar-refractivity contribution < 1.29 is 17.6 Å². The summed E-state index contributed by atoms with van der Waals surface area (Å²) in [5, 5.41) is 4.47. The number of furan rings is 1. The molecule has 2 heterocycles. The van der Waals surface area contributed by atoms with Gasteiger partial charge in [-0.2, -0.15) is 4.31 Å². The molecule has 1 unspecified atom stereocenters. The lowest BCUT2D eigenvalue weighted by Gasteiger charge is -2.20. The van der Waals surface area contributed by atoms with Gasteiger partial charge in [-0.15, -0.1) is 0 Å². The van der Waals surface area contributed by atoms with E-state index in [1.807, 2.05) is 18.2 Å². The molecule has 1 N–H and O–H groups in total. The summed E-state index contributed by atoms with van der Waals surface area (Å²) in [7, 11) is -3.67. The van der Waals surface area contributed by atoms with E-state index < -0.39 is 10.0 Å². The molecule has 0 spiro atoms. The Kier molecular flexibility index (Phi) is 9.13. The van der Waals surface area contributed by atoms with Gasteiger partial charge in [-0.3, -0.25) is 4.79 Å². The summed E-state index contributed by atoms with van der Waals surface area (Å²) in [6.45, 7) is 1.38. The summed E-state index contributed by atoms with van der Waals surface area (Å²) >= 11 is 0. The van der Waals surface area contributed by atoms with Crippen LogP contribution in [0.3, 0.4) is 0 Å². The summed E-state index contributed by atoms with van der Waals surface area (Å²) in [5.41, 5.74) is 0. The van der Waals surface area contributed by atoms with Crippen molar-refractivity contribution in [3.63, 3.8) is 0 Å². The number of fused-ring (bicyclic) bond motifs is 1. The number of carbonyl (C=O) groups is 1. The number of hydrogen-bond donors (Lipinski definition) is 1. The second-order valence-corrected chi connectivity index (χ2v) is 10.0. The van der Waals surface area contributed by atoms with Gasteiger partial charge < -0.3 is 9.73 Å². The molecule has 6 nitrogen and oxygen atoms in total. The minimum atomic E-state index is -3.67. The van der Waals surface area contributed by atoms with Crippen LogP contribution in [0.25, 0.3) is 10.8 Å². The van der Waals surface area contributed by atoms with E-state index in [4.69, 9.17) is 4.42 Å². The van der Waals surface area contributed by atoms with Crippen molar-refractivity contribution in [1.82, 2.24) is 9.62 Å². The normalized spacial score (nSPS) is 21.0. The SMILES string of the molecule is O=C(NCC1CCN(S(=O)(=O)c2occ3ccccc23)C1)[C]1CCCCCCC1.[CH2].[CH2]. The Labute approximate surface area is 187 Å². The fourth-order valence-electron chi connectivity index (χ4n) is 4.39. The van der Waals surface area contributed by atoms with E-state index in [1.165, 1.54) is 29.8 Å². The summed E-state index contributed by atoms with van der Waals surface area (Å²) in [6, 6.07) is 7.28. The zero-order chi connectivity index (χ0) is 20.3. The van der Waals surface area contributed by atoms with Crippen LogP contribution in [-0.2, 0) is 14.8 Å². The first kappa shape index (κ1) is 25.4. The van der Waals surface area contributed by atoms with E-state index in [1.54, 1.807) is 6.07 Å². The van der Waals surface area contributed by atoms with Crippen molar-refractivity contribution in [3.05, 3.63) is 51.3 Å². The Hall–Kier alpha value is -1.86. The van der Waals surface area contributed by atoms with E-state index >= 15 is 0 Å². The molecule has 31 heavy (non-hydrogen) atoms. The highest BCUT2D eigenvalue weighted by atomic mass is 32.2. The molecule has 2 aliphatic rings. The standard InChI is InChI=1S/C22H29N2O4S.2CH2/c25-21(18-8-4-2-1-3-5-9-18)23-14-17-12-13-24(15-17)29(26,27)22-20-11-7-6-10-19(20)16-28-22;;/h6-7,10-11,16-17H,1-5,8-9,12-15H2,(H,23,25);2*1H2. The molecule has 169 valence electrons. The van der Waals surface area contributed by atoms with Crippen LogP contribution in [0.5, 0.6) is 0 Å². The van der Waals surface area contributed by atoms with Crippen LogP contribution in [-0.4, -0.2) is 38.3 Å². The van der Waals surface area contributed by atoms with Crippen molar-refractivity contribution in [2.75, 3.05) is 19.6 Å². The predicted molar refractivity (Wildman–Crippen MR) is 122 cm³/mol. The smallest absolute Gasteiger partial charge is 0.277 e. The lowest BCUT2D eigenvalue weighted by Crippen LogP contribution is -2.35. The van der Waals surface area contributed by atoms with Crippen LogP contribution in [0.2, 0.25) is 0 Å². The minimum Gasteiger partial charge on any atom is -0.450 e. The molecule has 1 amide bonds. The lowest BCUT2D eigenvalue weighted by atomic mass is 9.90. The van der Waals surface area contributed by atoms with E-state index in [0.717, 1.165) is 43.4 Å². The van der Waals surface area contributed by atoms with Gasteiger partial charge in [0.1, 0.15) is 6.26 Å². The zero-order valence-corrected chi connectivity index (χ0v) is 19.0. The quantitative estimate of drug-likeness (QED) is 0.733. The average Bonchev–Trinajstić information content (AvgIpc) is 3.34. The Balaban J connectivity index is 0.00000171. The molecule has 2 aromatic rings. The molecule has 4 rings (SSSR count). The third kappa shape index (κ3) is 5.69. The third-order valence-corrected chi connectivity index (χ3v) is 7.92. The fraction of sp³-hybridized carbons (Fsp3) is 0.500. The molecule has 7 heteroatoms. The Bertz CT molecular complexity index is 945. The van der Waals surface area contributed by atoms with E-state index in [-0.39, 0.29) is 31.8 Å². The van der Waals surface area contributed by atoms with Crippen LogP contribution >= 0.6 is 0 Å². The van der Waals surface area contributed by atoms with Crippen LogP contribution in [0, 0.1) is 26.7 Å². The highest BCUT2D eigenvalue weighted by Crippen LogP contribution is 2.31. The highest BCUT2D eigenvalue weighted by Gasteiger charge is 2.35. The fourth-order valence-corrected chi connectivity index (χ4v) is 6.01. The van der Waals surface area contributed by atoms with Gasteiger partial charge in [0.25, 0.3) is 10.0 Å². The summed E-state index contributed by atoms with van der Waals surface area (Å²) in [6.07, 6.45) is 9.87. The van der Waals surface area contributed by atoms with E-state index in [9.17, 15) is 13.2 Å². The summed E-state index contributed by atoms with van der Waals surface area (Å²) < 4.78 is 33.0. The third-order valence-electron chi connectivity index (χ3n) is 6.13. The highest BCUT2D eigenvalue weighted by molar-refractivity contribution is 7.89. The number of nitrogens with one attached hydrogen (secondary N) is 1. The van der Waals surface area contributed by atoms with Gasteiger partial charge in [-0.25, -0.2) is 8.42 Å². The van der Waals surface area contributed by atoms with Gasteiger partial charge in [-0.05, 0) is 31.2 Å². The molecular formula is C24H33N2O4S. The topological polar surface area (TPSA) is 79.6 Å². The second kappa shape index (κ2) is 11.1. The molecule has 1 aromatic heterocycles. The van der Waals surface area contributed by atoms with Gasteiger partial charge in [0.2, 0.25) is 11.0 Å². The number of rotatable bonds is 5. The monoisotopic (exact) mass is 445 g/mol. The molecule has 1 saturated heterocycles. The van der Waals surface area contributed by atoms with Crippen molar-refractivity contribution in [1.29, 1.82) is 0 Å². The Morgan fingerprint density at radius 2 is 1.74 bits per heavy atom. The summed E-state index contributed by atoms with van der Waals surface area (Å²) in [5.74, 6) is 1.20. The lowest BCUT2D eigenvalue weighted by molar-refractivity contribution is -0.120. The second-order valence-electron chi connectivity index (χ2n) is 8.21. The van der Waals surface area contributed by atoms with E-state index in [0.29, 0.717) is 25.0 Å². The first-order chi connectivity index (χ1) is 14.1. The molecule has 2 fully saturated rings. The minimum absolute atomic E-state index is 0. The molecular weight excluding hydrogens is 412 g/mol. The maximum absolute atomic E-state index is 13.1. The first-order valence-electron chi connectivity index (χ1n) is 10.6. The van der Waals surface area contributed by atoms with Crippen LogP contribution in [0.15, 0.2) is 40.0 Å². The molecule has 1 aliphatic heterocycles. The van der Waals surface area contributed by atoms with Crippen molar-refractivity contribution >= 4 is 26.7 Å². The first-order valence-corrected chi connectivity index (χ1v) is 12.1. The molecule has 1 aromatic carbocycles. The van der Waals surface area contributed by atoms with Gasteiger partial charge in [0.05, 0.1) is 5.92 Å². The average molecular weight is 446 g/mol. The van der Waals surface area contributed by atoms with Gasteiger partial charge >= 0.3 is 0 Å². The molecule has 5 radical (unpaired) electrons. The number of amides is 1. The maximum atomic E-state index is 13.1. The maximum Gasteiger partial charge on any atom is 0.277 e. The van der Waals surface area contributed by atoms with Crippen LogP contribution < -0.4 is 5.32 Å². The molecule has 1 atom stereocenters. The number of hydrogen-bond acceptors (Lipinski definition) is 4. The number of benzene rings is 1. The number of sulfonamides is 1. The number of carbonyl (C=O) groups excluding carboxylic acids is 1. The van der Waals surface area contributed by atoms with Crippen molar-refractivity contribution in [2.24, 2.45) is 5.92 Å². The van der Waals surface area contributed by atoms with E-state index in [2.05, 4.69) is 5.32 Å². The summed E-state index contributed by atoms with van der Waals surface area (Å²) in [4.78, 5) is 12.5. The van der Waals surface area contributed by atoms with Crippen LogP contribution in [0.4, 0.5) is 0 Å². The molecule has 1 aliphatic carbocycles.